The minimum Gasteiger partial charge on any atom is -0.389 e. The summed E-state index contributed by atoms with van der Waals surface area (Å²) >= 11 is 1.83. The van der Waals surface area contributed by atoms with Gasteiger partial charge in [-0.2, -0.15) is 0 Å². The lowest BCUT2D eigenvalue weighted by Crippen LogP contribution is -2.50. The van der Waals surface area contributed by atoms with E-state index < -0.39 is 0 Å². The van der Waals surface area contributed by atoms with Crippen molar-refractivity contribution in [1.82, 2.24) is 21.3 Å². The molecule has 4 N–H and O–H groups in total. The Bertz CT molecular complexity index is 1200. The van der Waals surface area contributed by atoms with E-state index in [-0.39, 0.29) is 34.4 Å². The van der Waals surface area contributed by atoms with Gasteiger partial charge in [0.25, 0.3) is 0 Å². The number of thioether (sulfide) groups is 1. The Labute approximate surface area is 334 Å². The molecular formula is C48H86N4S. The zero-order valence-electron chi connectivity index (χ0n) is 36.6. The molecule has 2 aliphatic rings. The largest absolute Gasteiger partial charge is 0.389 e. The SMILES string of the molecule is C=C(CCC(NC(=C)NC(C(=C)CCC(CC(C)C(=C)NC(CCC)C(=C)C(=C)SCCC)C(C)(C)C)C1(C)CCCCC1)C(C)(C)C)NCC1CC1. The van der Waals surface area contributed by atoms with E-state index in [2.05, 4.69) is 123 Å². The summed E-state index contributed by atoms with van der Waals surface area (Å²) in [4.78, 5) is 1.10. The average Bonchev–Trinajstić information content (AvgIpc) is 3.92. The van der Waals surface area contributed by atoms with Crippen LogP contribution in [-0.4, -0.2) is 30.4 Å². The molecule has 0 aromatic rings. The Morgan fingerprint density at radius 1 is 0.792 bits per heavy atom. The Morgan fingerprint density at radius 2 is 1.43 bits per heavy atom. The molecular weight excluding hydrogens is 665 g/mol. The van der Waals surface area contributed by atoms with Crippen LogP contribution in [0, 0.1) is 34.0 Å². The third-order valence-corrected chi connectivity index (χ3v) is 13.6. The summed E-state index contributed by atoms with van der Waals surface area (Å²) < 4.78 is 0. The first-order valence-electron chi connectivity index (χ1n) is 21.5. The van der Waals surface area contributed by atoms with Crippen molar-refractivity contribution in [3.8, 4) is 0 Å². The van der Waals surface area contributed by atoms with Gasteiger partial charge in [0.1, 0.15) is 0 Å². The molecule has 0 aliphatic heterocycles. The lowest BCUT2D eigenvalue weighted by atomic mass is 9.67. The Balaban J connectivity index is 2.13. The molecule has 304 valence electrons. The zero-order valence-corrected chi connectivity index (χ0v) is 37.5. The highest BCUT2D eigenvalue weighted by molar-refractivity contribution is 8.03. The molecule has 53 heavy (non-hydrogen) atoms. The molecule has 0 saturated heterocycles. The molecule has 0 bridgehead atoms. The van der Waals surface area contributed by atoms with Crippen LogP contribution in [0.15, 0.2) is 72.7 Å². The predicted molar refractivity (Wildman–Crippen MR) is 240 cm³/mol. The molecule has 2 saturated carbocycles. The van der Waals surface area contributed by atoms with Crippen LogP contribution in [0.5, 0.6) is 0 Å². The van der Waals surface area contributed by atoms with Crippen molar-refractivity contribution < 1.29 is 0 Å². The molecule has 0 heterocycles. The van der Waals surface area contributed by atoms with E-state index in [9.17, 15) is 0 Å². The number of allylic oxidation sites excluding steroid dienone is 2. The maximum Gasteiger partial charge on any atom is 0.0919 e. The van der Waals surface area contributed by atoms with Crippen LogP contribution in [0.4, 0.5) is 0 Å². The highest BCUT2D eigenvalue weighted by Crippen LogP contribution is 2.44. The summed E-state index contributed by atoms with van der Waals surface area (Å²) in [6, 6.07) is 0.656. The van der Waals surface area contributed by atoms with E-state index in [1.54, 1.807) is 0 Å². The second-order valence-electron chi connectivity index (χ2n) is 19.5. The number of nitrogens with one attached hydrogen (secondary N) is 4. The number of rotatable bonds is 27. The van der Waals surface area contributed by atoms with Crippen molar-refractivity contribution in [2.24, 2.45) is 34.0 Å². The minimum atomic E-state index is 0.0872. The van der Waals surface area contributed by atoms with Gasteiger partial charge >= 0.3 is 0 Å². The van der Waals surface area contributed by atoms with Crippen molar-refractivity contribution in [2.45, 2.75) is 184 Å². The number of hydrogen-bond donors (Lipinski definition) is 4. The maximum atomic E-state index is 4.84. The molecule has 2 fully saturated rings. The molecule has 0 aromatic heterocycles. The van der Waals surface area contributed by atoms with Crippen LogP contribution in [0.25, 0.3) is 0 Å². The monoisotopic (exact) mass is 751 g/mol. The summed E-state index contributed by atoms with van der Waals surface area (Å²) in [6.45, 7) is 51.8. The molecule has 5 unspecified atom stereocenters. The fraction of sp³-hybridized carbons (Fsp3) is 0.750. The van der Waals surface area contributed by atoms with Crippen LogP contribution in [0.3, 0.4) is 0 Å². The van der Waals surface area contributed by atoms with Gasteiger partial charge in [-0.15, -0.1) is 11.8 Å². The molecule has 2 rings (SSSR count). The summed E-state index contributed by atoms with van der Waals surface area (Å²) in [7, 11) is 0. The zero-order chi connectivity index (χ0) is 40.0. The lowest BCUT2D eigenvalue weighted by molar-refractivity contribution is 0.157. The molecule has 0 aromatic carbocycles. The predicted octanol–water partition coefficient (Wildman–Crippen LogP) is 13.2. The highest BCUT2D eigenvalue weighted by Gasteiger charge is 2.38. The maximum absolute atomic E-state index is 4.84. The first-order valence-corrected chi connectivity index (χ1v) is 22.5. The first-order chi connectivity index (χ1) is 24.7. The van der Waals surface area contributed by atoms with E-state index in [0.29, 0.717) is 11.8 Å². The Hall–Kier alpha value is -2.01. The van der Waals surface area contributed by atoms with Gasteiger partial charge in [0.05, 0.1) is 17.9 Å². The second kappa shape index (κ2) is 21.9. The molecule has 5 heteroatoms. The van der Waals surface area contributed by atoms with Crippen molar-refractivity contribution in [3.05, 3.63) is 72.7 Å². The van der Waals surface area contributed by atoms with Gasteiger partial charge in [-0.3, -0.25) is 0 Å². The van der Waals surface area contributed by atoms with Crippen molar-refractivity contribution >= 4 is 11.8 Å². The lowest BCUT2D eigenvalue weighted by Gasteiger charge is -2.44. The van der Waals surface area contributed by atoms with E-state index >= 15 is 0 Å². The normalized spacial score (nSPS) is 18.8. The van der Waals surface area contributed by atoms with Crippen molar-refractivity contribution in [3.63, 3.8) is 0 Å². The minimum absolute atomic E-state index is 0.0872. The van der Waals surface area contributed by atoms with Crippen LogP contribution < -0.4 is 21.3 Å². The fourth-order valence-electron chi connectivity index (χ4n) is 8.06. The first kappa shape index (κ1) is 47.1. The number of hydrogen-bond acceptors (Lipinski definition) is 5. The quantitative estimate of drug-likeness (QED) is 0.0497. The Morgan fingerprint density at radius 3 is 1.98 bits per heavy atom. The van der Waals surface area contributed by atoms with Gasteiger partial charge in [0, 0.05) is 28.9 Å². The summed E-state index contributed by atoms with van der Waals surface area (Å²) in [5.41, 5.74) is 5.15. The summed E-state index contributed by atoms with van der Waals surface area (Å²) in [5, 5.41) is 15.2. The van der Waals surface area contributed by atoms with Crippen molar-refractivity contribution in [2.75, 3.05) is 12.3 Å². The molecule has 0 spiro atoms. The Kier molecular flexibility index (Phi) is 19.5. The van der Waals surface area contributed by atoms with Gasteiger partial charge < -0.3 is 21.3 Å². The second-order valence-corrected chi connectivity index (χ2v) is 20.7. The fourth-order valence-corrected chi connectivity index (χ4v) is 8.84. The smallest absolute Gasteiger partial charge is 0.0919 e. The van der Waals surface area contributed by atoms with Crippen molar-refractivity contribution in [1.29, 1.82) is 0 Å². The van der Waals surface area contributed by atoms with Gasteiger partial charge in [-0.1, -0.05) is 140 Å². The molecule has 0 amide bonds. The summed E-state index contributed by atoms with van der Waals surface area (Å²) in [5.74, 6) is 3.75. The van der Waals surface area contributed by atoms with Crippen LogP contribution >= 0.6 is 11.8 Å². The average molecular weight is 751 g/mol. The van der Waals surface area contributed by atoms with Gasteiger partial charge in [0.15, 0.2) is 0 Å². The molecule has 4 nitrogen and oxygen atoms in total. The van der Waals surface area contributed by atoms with Crippen LogP contribution in [0.2, 0.25) is 0 Å². The van der Waals surface area contributed by atoms with E-state index in [4.69, 9.17) is 6.58 Å². The third-order valence-electron chi connectivity index (χ3n) is 12.4. The van der Waals surface area contributed by atoms with E-state index in [1.807, 2.05) is 11.8 Å². The van der Waals surface area contributed by atoms with Gasteiger partial charge in [-0.25, -0.2) is 0 Å². The standard InChI is InChI=1S/C48H86N4S/c1-17-22-43(37(6)39(8)53-31-18-2)50-38(7)35(4)32-42(46(10,11)12)27-23-34(3)45(48(16)29-20-19-21-30-48)52-40(9)51-44(47(13,14)15)28-24-36(5)49-33-41-25-26-41/h35,41-45,49-52H,3,5-9,17-33H2,1-2,4,10-16H3. The van der Waals surface area contributed by atoms with E-state index in [0.717, 1.165) is 97.3 Å². The molecule has 2 aliphatic carbocycles. The summed E-state index contributed by atoms with van der Waals surface area (Å²) in [6.07, 6.45) is 17.6. The highest BCUT2D eigenvalue weighted by atomic mass is 32.2. The van der Waals surface area contributed by atoms with Crippen LogP contribution in [0.1, 0.15) is 166 Å². The molecule has 0 radical (unpaired) electrons. The van der Waals surface area contributed by atoms with Gasteiger partial charge in [-0.05, 0) is 116 Å². The van der Waals surface area contributed by atoms with Gasteiger partial charge in [0.2, 0.25) is 0 Å². The molecule has 5 atom stereocenters. The van der Waals surface area contributed by atoms with E-state index in [1.165, 1.54) is 50.5 Å². The third kappa shape index (κ3) is 16.7. The topological polar surface area (TPSA) is 48.1 Å². The van der Waals surface area contributed by atoms with Crippen LogP contribution in [-0.2, 0) is 0 Å².